The van der Waals surface area contributed by atoms with E-state index in [9.17, 15) is 31.2 Å². The summed E-state index contributed by atoms with van der Waals surface area (Å²) in [5.41, 5.74) is 0.254. The summed E-state index contributed by atoms with van der Waals surface area (Å²) in [6.45, 7) is 0.606. The SMILES string of the molecule is Cc1ccc(S(=O)(=O)N(CC(=O)N(Cc2ccc(Cl)c(Cl)c2)[C@@H](Cc2ccccc2)C(=O)NC2CCCCC2)c2ccc(Cl)c(C(F)(F)F)c2)cc1. The maximum Gasteiger partial charge on any atom is 0.417 e. The largest absolute Gasteiger partial charge is 0.417 e. The van der Waals surface area contributed by atoms with Crippen LogP contribution in [0.25, 0.3) is 0 Å². The third-order valence-corrected chi connectivity index (χ3v) is 11.8. The van der Waals surface area contributed by atoms with E-state index >= 15 is 0 Å². The molecule has 1 aliphatic rings. The van der Waals surface area contributed by atoms with Crippen molar-refractivity contribution in [3.63, 3.8) is 0 Å². The lowest BCUT2D eigenvalue weighted by Gasteiger charge is -2.35. The Kier molecular flexibility index (Phi) is 12.8. The molecule has 1 atom stereocenters. The number of nitrogens with zero attached hydrogens (tertiary/aromatic N) is 2. The summed E-state index contributed by atoms with van der Waals surface area (Å²) in [5, 5.41) is 2.92. The van der Waals surface area contributed by atoms with Gasteiger partial charge in [-0.05, 0) is 73.4 Å². The van der Waals surface area contributed by atoms with Crippen LogP contribution in [-0.4, -0.2) is 43.8 Å². The maximum absolute atomic E-state index is 14.7. The van der Waals surface area contributed by atoms with Gasteiger partial charge in [0.05, 0.1) is 31.2 Å². The summed E-state index contributed by atoms with van der Waals surface area (Å²) in [6.07, 6.45) is -0.394. The molecule has 5 rings (SSSR count). The smallest absolute Gasteiger partial charge is 0.352 e. The summed E-state index contributed by atoms with van der Waals surface area (Å²) in [4.78, 5) is 30.0. The normalized spacial score (nSPS) is 14.4. The number of rotatable bonds is 12. The van der Waals surface area contributed by atoms with Gasteiger partial charge in [0, 0.05) is 19.0 Å². The van der Waals surface area contributed by atoms with Crippen molar-refractivity contribution < 1.29 is 31.2 Å². The fourth-order valence-electron chi connectivity index (χ4n) is 6.18. The predicted octanol–water partition coefficient (Wildman–Crippen LogP) is 9.26. The number of anilines is 1. The number of carbonyl (C=O) groups excluding carboxylic acids is 2. The fourth-order valence-corrected chi connectivity index (χ4v) is 8.14. The van der Waals surface area contributed by atoms with Gasteiger partial charge in [-0.2, -0.15) is 13.2 Å². The Morgan fingerprint density at radius 3 is 2.12 bits per heavy atom. The molecule has 2 amide bonds. The number of aryl methyl sites for hydroxylation is 1. The molecule has 1 aliphatic carbocycles. The lowest BCUT2D eigenvalue weighted by atomic mass is 9.94. The van der Waals surface area contributed by atoms with Crippen molar-refractivity contribution in [2.24, 2.45) is 0 Å². The summed E-state index contributed by atoms with van der Waals surface area (Å²) >= 11 is 18.4. The van der Waals surface area contributed by atoms with Crippen LogP contribution in [0.4, 0.5) is 18.9 Å². The molecule has 0 spiro atoms. The molecule has 276 valence electrons. The van der Waals surface area contributed by atoms with Crippen molar-refractivity contribution in [3.8, 4) is 0 Å². The zero-order valence-electron chi connectivity index (χ0n) is 28.2. The number of carbonyl (C=O) groups is 2. The summed E-state index contributed by atoms with van der Waals surface area (Å²) < 4.78 is 71.3. The third kappa shape index (κ3) is 9.80. The fraction of sp³-hybridized carbons (Fsp3) is 0.316. The molecule has 52 heavy (non-hydrogen) atoms. The highest BCUT2D eigenvalue weighted by molar-refractivity contribution is 7.92. The van der Waals surface area contributed by atoms with Crippen LogP contribution in [0.5, 0.6) is 0 Å². The average molecular weight is 795 g/mol. The third-order valence-electron chi connectivity index (χ3n) is 8.99. The van der Waals surface area contributed by atoms with Crippen molar-refractivity contribution in [2.75, 3.05) is 10.8 Å². The minimum absolute atomic E-state index is 0.0658. The minimum Gasteiger partial charge on any atom is -0.352 e. The van der Waals surface area contributed by atoms with Crippen molar-refractivity contribution in [1.29, 1.82) is 0 Å². The Balaban J connectivity index is 1.62. The number of benzene rings is 4. The summed E-state index contributed by atoms with van der Waals surface area (Å²) in [5.74, 6) is -1.28. The topological polar surface area (TPSA) is 86.8 Å². The monoisotopic (exact) mass is 793 g/mol. The molecular weight excluding hydrogens is 758 g/mol. The van der Waals surface area contributed by atoms with Crippen molar-refractivity contribution in [2.45, 2.75) is 75.1 Å². The van der Waals surface area contributed by atoms with E-state index in [1.165, 1.54) is 35.2 Å². The number of amides is 2. The van der Waals surface area contributed by atoms with Crippen LogP contribution in [0.1, 0.15) is 54.4 Å². The molecule has 1 saturated carbocycles. The number of halogens is 6. The van der Waals surface area contributed by atoms with Crippen LogP contribution in [0, 0.1) is 6.92 Å². The van der Waals surface area contributed by atoms with E-state index in [1.807, 2.05) is 18.2 Å². The van der Waals surface area contributed by atoms with E-state index in [0.717, 1.165) is 55.4 Å². The molecule has 0 aromatic heterocycles. The lowest BCUT2D eigenvalue weighted by molar-refractivity contribution is -0.140. The highest BCUT2D eigenvalue weighted by Gasteiger charge is 2.38. The Morgan fingerprint density at radius 1 is 0.827 bits per heavy atom. The lowest BCUT2D eigenvalue weighted by Crippen LogP contribution is -2.55. The number of nitrogens with one attached hydrogen (secondary N) is 1. The highest BCUT2D eigenvalue weighted by atomic mass is 35.5. The van der Waals surface area contributed by atoms with Crippen molar-refractivity contribution in [3.05, 3.63) is 128 Å². The van der Waals surface area contributed by atoms with Crippen LogP contribution in [0.2, 0.25) is 15.1 Å². The van der Waals surface area contributed by atoms with Gasteiger partial charge < -0.3 is 10.2 Å². The molecular formula is C38H37Cl3F3N3O4S. The first-order valence-electron chi connectivity index (χ1n) is 16.7. The van der Waals surface area contributed by atoms with Gasteiger partial charge in [-0.1, -0.05) is 108 Å². The molecule has 1 fully saturated rings. The molecule has 0 aliphatic heterocycles. The number of hydrogen-bond acceptors (Lipinski definition) is 4. The Bertz CT molecular complexity index is 1990. The van der Waals surface area contributed by atoms with E-state index in [2.05, 4.69) is 5.32 Å². The highest BCUT2D eigenvalue weighted by Crippen LogP contribution is 2.38. The Labute approximate surface area is 316 Å². The molecule has 14 heteroatoms. The molecule has 0 saturated heterocycles. The van der Waals surface area contributed by atoms with Crippen LogP contribution >= 0.6 is 34.8 Å². The Hall–Kier alpha value is -3.77. The molecule has 0 bridgehead atoms. The molecule has 4 aromatic rings. The van der Waals surface area contributed by atoms with E-state index in [-0.39, 0.29) is 33.9 Å². The molecule has 0 heterocycles. The van der Waals surface area contributed by atoms with Crippen LogP contribution in [0.15, 0.2) is 95.9 Å². The summed E-state index contributed by atoms with van der Waals surface area (Å²) in [6, 6.07) is 20.8. The van der Waals surface area contributed by atoms with Gasteiger partial charge in [0.1, 0.15) is 12.6 Å². The molecule has 7 nitrogen and oxygen atoms in total. The van der Waals surface area contributed by atoms with Crippen LogP contribution < -0.4 is 9.62 Å². The molecule has 0 radical (unpaired) electrons. The van der Waals surface area contributed by atoms with E-state index in [4.69, 9.17) is 34.8 Å². The zero-order valence-corrected chi connectivity index (χ0v) is 31.3. The van der Waals surface area contributed by atoms with Crippen molar-refractivity contribution in [1.82, 2.24) is 10.2 Å². The van der Waals surface area contributed by atoms with Gasteiger partial charge in [0.15, 0.2) is 0 Å². The van der Waals surface area contributed by atoms with Gasteiger partial charge in [0.2, 0.25) is 11.8 Å². The van der Waals surface area contributed by atoms with E-state index < -0.39 is 56.9 Å². The van der Waals surface area contributed by atoms with Crippen LogP contribution in [-0.2, 0) is 38.8 Å². The maximum atomic E-state index is 14.7. The first kappa shape index (κ1) is 39.4. The second kappa shape index (κ2) is 16.9. The van der Waals surface area contributed by atoms with Gasteiger partial charge in [-0.3, -0.25) is 13.9 Å². The Morgan fingerprint density at radius 2 is 1.48 bits per heavy atom. The molecule has 1 N–H and O–H groups in total. The standard InChI is InChI=1S/C38H37Cl3F3N3O4S/c1-25-12-16-30(17-13-25)52(50,51)47(29-15-19-32(39)31(22-29)38(42,43)44)24-36(48)46(23-27-14-18-33(40)34(41)20-27)35(21-26-8-4-2-5-9-26)37(49)45-28-10-6-3-7-11-28/h2,4-5,8-9,12-20,22,28,35H,3,6-7,10-11,21,23-24H2,1H3,(H,45,49)/t35-/m0/s1. The van der Waals surface area contributed by atoms with Gasteiger partial charge in [0.25, 0.3) is 10.0 Å². The second-order valence-electron chi connectivity index (χ2n) is 12.8. The van der Waals surface area contributed by atoms with Gasteiger partial charge >= 0.3 is 6.18 Å². The number of alkyl halides is 3. The van der Waals surface area contributed by atoms with Crippen LogP contribution in [0.3, 0.4) is 0 Å². The molecule has 0 unspecified atom stereocenters. The number of hydrogen-bond donors (Lipinski definition) is 1. The molecule has 4 aromatic carbocycles. The van der Waals surface area contributed by atoms with E-state index in [0.29, 0.717) is 15.9 Å². The first-order chi connectivity index (χ1) is 24.6. The van der Waals surface area contributed by atoms with Gasteiger partial charge in [-0.15, -0.1) is 0 Å². The second-order valence-corrected chi connectivity index (χ2v) is 15.9. The zero-order chi connectivity index (χ0) is 37.6. The number of sulfonamides is 1. The predicted molar refractivity (Wildman–Crippen MR) is 198 cm³/mol. The minimum atomic E-state index is -4.92. The van der Waals surface area contributed by atoms with Crippen molar-refractivity contribution >= 4 is 62.3 Å². The van der Waals surface area contributed by atoms with E-state index in [1.54, 1.807) is 31.2 Å². The van der Waals surface area contributed by atoms with Gasteiger partial charge in [-0.25, -0.2) is 8.42 Å². The quantitative estimate of drug-likeness (QED) is 0.155. The summed E-state index contributed by atoms with van der Waals surface area (Å²) in [7, 11) is -4.65. The first-order valence-corrected chi connectivity index (χ1v) is 19.2. The average Bonchev–Trinajstić information content (AvgIpc) is 3.11.